The zero-order valence-corrected chi connectivity index (χ0v) is 14.0. The van der Waals surface area contributed by atoms with Crippen LogP contribution < -0.4 is 0 Å². The Morgan fingerprint density at radius 3 is 2.67 bits per heavy atom. The summed E-state index contributed by atoms with van der Waals surface area (Å²) in [5.74, 6) is 0.0454. The molecule has 0 saturated carbocycles. The van der Waals surface area contributed by atoms with Crippen molar-refractivity contribution < 1.29 is 13.2 Å². The maximum absolute atomic E-state index is 12.4. The monoisotopic (exact) mass is 331 g/mol. The van der Waals surface area contributed by atoms with E-state index < -0.39 is 10.0 Å². The fraction of sp³-hybridized carbons (Fsp3) is 0.692. The molecule has 1 aliphatic heterocycles. The highest BCUT2D eigenvalue weighted by molar-refractivity contribution is 7.88. The van der Waals surface area contributed by atoms with E-state index in [0.717, 1.165) is 11.4 Å². The molecule has 1 fully saturated rings. The molecule has 0 unspecified atom stereocenters. The van der Waals surface area contributed by atoms with Crippen LogP contribution in [-0.2, 0) is 21.2 Å². The molecule has 0 N–H and O–H groups in total. The molecule has 0 spiro atoms. The van der Waals surface area contributed by atoms with Crippen molar-refractivity contribution in [3.63, 3.8) is 0 Å². The number of carbonyl (C=O) groups excluding carboxylic acids is 1. The topological polar surface area (TPSA) is 70.6 Å². The van der Waals surface area contributed by atoms with Crippen LogP contribution in [0, 0.1) is 5.92 Å². The zero-order chi connectivity index (χ0) is 15.5. The Morgan fingerprint density at radius 2 is 2.14 bits per heavy atom. The first-order chi connectivity index (χ1) is 9.88. The fourth-order valence-electron chi connectivity index (χ4n) is 2.50. The third-order valence-corrected chi connectivity index (χ3v) is 5.94. The number of carbonyl (C=O) groups is 1. The minimum Gasteiger partial charge on any atom is -0.345 e. The molecule has 0 aliphatic carbocycles. The molecule has 6 nitrogen and oxygen atoms in total. The Kier molecular flexibility index (Phi) is 5.34. The molecule has 0 atom stereocenters. The van der Waals surface area contributed by atoms with Crippen LogP contribution in [0.5, 0.6) is 0 Å². The number of sulfonamides is 1. The number of likely N-dealkylation sites (N-methyl/N-ethyl adjacent to an activating group) is 1. The zero-order valence-electron chi connectivity index (χ0n) is 12.4. The maximum atomic E-state index is 12.4. The molecule has 1 aromatic rings. The number of hydrogen-bond acceptors (Lipinski definition) is 5. The van der Waals surface area contributed by atoms with Crippen molar-refractivity contribution in [2.75, 3.05) is 32.9 Å². The van der Waals surface area contributed by atoms with Crippen LogP contribution in [-0.4, -0.2) is 61.5 Å². The summed E-state index contributed by atoms with van der Waals surface area (Å²) in [6.07, 6.45) is 4.96. The summed E-state index contributed by atoms with van der Waals surface area (Å²) in [7, 11) is -1.33. The van der Waals surface area contributed by atoms with E-state index in [1.54, 1.807) is 29.5 Å². The van der Waals surface area contributed by atoms with Crippen molar-refractivity contribution in [3.8, 4) is 0 Å². The third kappa shape index (κ3) is 4.49. The summed E-state index contributed by atoms with van der Waals surface area (Å²) in [6.45, 7) is 1.53. The first kappa shape index (κ1) is 16.4. The first-order valence-electron chi connectivity index (χ1n) is 6.96. The van der Waals surface area contributed by atoms with Gasteiger partial charge >= 0.3 is 0 Å². The number of piperidine rings is 1. The molecule has 1 aromatic heterocycles. The number of rotatable bonds is 5. The van der Waals surface area contributed by atoms with Gasteiger partial charge in [0.2, 0.25) is 15.9 Å². The second kappa shape index (κ2) is 6.85. The van der Waals surface area contributed by atoms with Crippen LogP contribution in [0.1, 0.15) is 17.8 Å². The quantitative estimate of drug-likeness (QED) is 0.801. The van der Waals surface area contributed by atoms with Gasteiger partial charge in [-0.15, -0.1) is 11.3 Å². The van der Waals surface area contributed by atoms with E-state index in [1.807, 2.05) is 5.38 Å². The summed E-state index contributed by atoms with van der Waals surface area (Å²) in [5.41, 5.74) is 0. The molecule has 0 radical (unpaired) electrons. The van der Waals surface area contributed by atoms with Gasteiger partial charge in [-0.2, -0.15) is 0 Å². The van der Waals surface area contributed by atoms with Crippen LogP contribution in [0.3, 0.4) is 0 Å². The van der Waals surface area contributed by atoms with Crippen LogP contribution in [0.4, 0.5) is 0 Å². The van der Waals surface area contributed by atoms with Gasteiger partial charge in [-0.3, -0.25) is 4.79 Å². The van der Waals surface area contributed by atoms with E-state index in [0.29, 0.717) is 32.5 Å². The lowest BCUT2D eigenvalue weighted by Crippen LogP contribution is -2.43. The highest BCUT2D eigenvalue weighted by Gasteiger charge is 2.30. The van der Waals surface area contributed by atoms with Crippen LogP contribution in [0.15, 0.2) is 11.6 Å². The lowest BCUT2D eigenvalue weighted by atomic mass is 9.96. The predicted octanol–water partition coefficient (Wildman–Crippen LogP) is 0.816. The number of hydrogen-bond donors (Lipinski definition) is 0. The second-order valence-corrected chi connectivity index (χ2v) is 8.33. The smallest absolute Gasteiger partial charge is 0.225 e. The number of thiazole rings is 1. The highest BCUT2D eigenvalue weighted by Crippen LogP contribution is 2.21. The molecule has 0 bridgehead atoms. The van der Waals surface area contributed by atoms with Crippen LogP contribution >= 0.6 is 11.3 Å². The Morgan fingerprint density at radius 1 is 1.48 bits per heavy atom. The molecule has 118 valence electrons. The molecule has 2 heterocycles. The summed E-state index contributed by atoms with van der Waals surface area (Å²) in [6, 6.07) is 0. The minimum atomic E-state index is -3.13. The summed E-state index contributed by atoms with van der Waals surface area (Å²) in [4.78, 5) is 18.3. The molecule has 1 aliphatic rings. The number of amides is 1. The standard InChI is InChI=1S/C13H21N3O3S2/c1-15(7-5-12-14-6-10-20-12)13(17)11-3-8-16(9-4-11)21(2,18)19/h6,10-11H,3-5,7-9H2,1-2H3. The van der Waals surface area contributed by atoms with E-state index in [2.05, 4.69) is 4.98 Å². The minimum absolute atomic E-state index is 0.0655. The van der Waals surface area contributed by atoms with E-state index in [-0.39, 0.29) is 11.8 Å². The van der Waals surface area contributed by atoms with Crippen LogP contribution in [0.2, 0.25) is 0 Å². The van der Waals surface area contributed by atoms with Gasteiger partial charge in [-0.25, -0.2) is 17.7 Å². The Bertz CT molecular complexity index is 563. The lowest BCUT2D eigenvalue weighted by Gasteiger charge is -2.31. The highest BCUT2D eigenvalue weighted by atomic mass is 32.2. The largest absolute Gasteiger partial charge is 0.345 e. The van der Waals surface area contributed by atoms with Gasteiger partial charge in [-0.05, 0) is 12.8 Å². The van der Waals surface area contributed by atoms with Gasteiger partial charge in [0.15, 0.2) is 0 Å². The molecule has 0 aromatic carbocycles. The number of aromatic nitrogens is 1. The van der Waals surface area contributed by atoms with Gasteiger partial charge < -0.3 is 4.90 Å². The van der Waals surface area contributed by atoms with E-state index >= 15 is 0 Å². The SMILES string of the molecule is CN(CCc1nccs1)C(=O)C1CCN(S(C)(=O)=O)CC1. The third-order valence-electron chi connectivity index (χ3n) is 3.79. The van der Waals surface area contributed by atoms with Crippen molar-refractivity contribution in [2.24, 2.45) is 5.92 Å². The van der Waals surface area contributed by atoms with Gasteiger partial charge in [0, 0.05) is 50.6 Å². The van der Waals surface area contributed by atoms with E-state index in [1.165, 1.54) is 10.6 Å². The van der Waals surface area contributed by atoms with Crippen molar-refractivity contribution in [1.82, 2.24) is 14.2 Å². The summed E-state index contributed by atoms with van der Waals surface area (Å²) < 4.78 is 24.4. The van der Waals surface area contributed by atoms with E-state index in [4.69, 9.17) is 0 Å². The average Bonchev–Trinajstić information content (AvgIpc) is 2.96. The Balaban J connectivity index is 1.81. The van der Waals surface area contributed by atoms with Gasteiger partial charge in [0.05, 0.1) is 11.3 Å². The van der Waals surface area contributed by atoms with Gasteiger partial charge in [-0.1, -0.05) is 0 Å². The van der Waals surface area contributed by atoms with Crippen molar-refractivity contribution in [2.45, 2.75) is 19.3 Å². The van der Waals surface area contributed by atoms with Gasteiger partial charge in [0.1, 0.15) is 0 Å². The predicted molar refractivity (Wildman–Crippen MR) is 82.6 cm³/mol. The Hall–Kier alpha value is -0.990. The molecular formula is C13H21N3O3S2. The summed E-state index contributed by atoms with van der Waals surface area (Å²) >= 11 is 1.59. The fourth-order valence-corrected chi connectivity index (χ4v) is 3.98. The Labute approximate surface area is 129 Å². The molecular weight excluding hydrogens is 310 g/mol. The second-order valence-electron chi connectivity index (χ2n) is 5.37. The van der Waals surface area contributed by atoms with Gasteiger partial charge in [0.25, 0.3) is 0 Å². The van der Waals surface area contributed by atoms with Crippen molar-refractivity contribution >= 4 is 27.3 Å². The van der Waals surface area contributed by atoms with Crippen molar-refractivity contribution in [3.05, 3.63) is 16.6 Å². The molecule has 1 amide bonds. The number of nitrogens with zero attached hydrogens (tertiary/aromatic N) is 3. The molecule has 21 heavy (non-hydrogen) atoms. The maximum Gasteiger partial charge on any atom is 0.225 e. The molecule has 2 rings (SSSR count). The van der Waals surface area contributed by atoms with E-state index in [9.17, 15) is 13.2 Å². The summed E-state index contributed by atoms with van der Waals surface area (Å²) in [5, 5.41) is 2.96. The first-order valence-corrected chi connectivity index (χ1v) is 9.69. The normalized spacial score (nSPS) is 17.8. The molecule has 8 heteroatoms. The van der Waals surface area contributed by atoms with Crippen LogP contribution in [0.25, 0.3) is 0 Å². The lowest BCUT2D eigenvalue weighted by molar-refractivity contribution is -0.135. The van der Waals surface area contributed by atoms with Crippen molar-refractivity contribution in [1.29, 1.82) is 0 Å². The average molecular weight is 331 g/mol. The molecule has 1 saturated heterocycles.